The molecule has 3 N–H and O–H groups in total. The lowest BCUT2D eigenvalue weighted by molar-refractivity contribution is 0.539. The van der Waals surface area contributed by atoms with Crippen LogP contribution >= 0.6 is 12.6 Å². The maximum atomic E-state index is 8.94. The fourth-order valence-corrected chi connectivity index (χ4v) is 1.57. The number of hydrogen-bond acceptors (Lipinski definition) is 4. The van der Waals surface area contributed by atoms with Crippen molar-refractivity contribution in [3.8, 4) is 0 Å². The second-order valence-electron chi connectivity index (χ2n) is 1.36. The molecule has 0 aliphatic rings. The van der Waals surface area contributed by atoms with Crippen molar-refractivity contribution >= 4 is 47.7 Å². The summed E-state index contributed by atoms with van der Waals surface area (Å²) in [6.07, 6.45) is 0. The van der Waals surface area contributed by atoms with E-state index in [2.05, 4.69) is 35.0 Å². The molecular formula is C3H7NOS4. The summed E-state index contributed by atoms with van der Waals surface area (Å²) in [4.78, 5) is 0. The zero-order valence-electron chi connectivity index (χ0n) is 4.48. The van der Waals surface area contributed by atoms with E-state index < -0.39 is 13.6 Å². The molecule has 0 rings (SSSR count). The number of thiol groups is 1. The van der Waals surface area contributed by atoms with Gasteiger partial charge in [-0.1, -0.05) is 0 Å². The van der Waals surface area contributed by atoms with E-state index in [1.54, 1.807) is 0 Å². The maximum absolute atomic E-state index is 8.94. The molecular weight excluding hydrogens is 194 g/mol. The largest absolute Gasteiger partial charge is 0.353 e. The van der Waals surface area contributed by atoms with Gasteiger partial charge < -0.3 is 10.8 Å². The van der Waals surface area contributed by atoms with E-state index in [4.69, 9.17) is 10.8 Å². The molecule has 0 aromatic heterocycles. The second kappa shape index (κ2) is 4.59. The van der Waals surface area contributed by atoms with E-state index in [9.17, 15) is 0 Å². The van der Waals surface area contributed by atoms with Crippen molar-refractivity contribution in [1.29, 1.82) is 0 Å². The molecule has 1 atom stereocenters. The fourth-order valence-electron chi connectivity index (χ4n) is 0.202. The fraction of sp³-hybridized carbons (Fsp3) is 0.667. The number of aliphatic hydroxyl groups excluding tert-OH is 1. The number of hydrogen-bond donors (Lipinski definition) is 3. The smallest absolute Gasteiger partial charge is 0.131 e. The van der Waals surface area contributed by atoms with Gasteiger partial charge in [0.25, 0.3) is 0 Å². The number of rotatable bonds is 2. The quantitative estimate of drug-likeness (QED) is 0.415. The van der Waals surface area contributed by atoms with Crippen molar-refractivity contribution in [1.82, 2.24) is 0 Å². The third kappa shape index (κ3) is 3.49. The summed E-state index contributed by atoms with van der Waals surface area (Å²) in [6, 6.07) is -0.466. The van der Waals surface area contributed by atoms with Gasteiger partial charge in [0.15, 0.2) is 0 Å². The summed E-state index contributed by atoms with van der Waals surface area (Å²) in [5, 5.41) is 8.94. The average molecular weight is 201 g/mol. The van der Waals surface area contributed by atoms with Crippen LogP contribution in [0.1, 0.15) is 0 Å². The Morgan fingerprint density at radius 2 is 2.22 bits per heavy atom. The number of nitrogens with two attached hydrogens (primary N) is 1. The van der Waals surface area contributed by atoms with Gasteiger partial charge in [-0.15, -0.1) is 0 Å². The molecule has 0 fully saturated rings. The van der Waals surface area contributed by atoms with Crippen molar-refractivity contribution in [3.63, 3.8) is 0 Å². The molecule has 0 saturated carbocycles. The Morgan fingerprint density at radius 3 is 2.33 bits per heavy atom. The van der Waals surface area contributed by atoms with E-state index in [0.29, 0.717) is 5.75 Å². The molecule has 0 aromatic rings. The van der Waals surface area contributed by atoms with Crippen molar-refractivity contribution in [3.05, 3.63) is 0 Å². The van der Waals surface area contributed by atoms with Crippen LogP contribution in [0.4, 0.5) is 0 Å². The highest BCUT2D eigenvalue weighted by atomic mass is 33.1. The second-order valence-corrected chi connectivity index (χ2v) is 5.25. The molecule has 0 saturated heterocycles. The molecule has 0 heterocycles. The zero-order chi connectivity index (χ0) is 7.44. The molecule has 0 spiro atoms. The van der Waals surface area contributed by atoms with Crippen LogP contribution < -0.4 is 5.73 Å². The molecule has 0 unspecified atom stereocenters. The van der Waals surface area contributed by atoms with Crippen molar-refractivity contribution < 1.29 is 5.11 Å². The lowest BCUT2D eigenvalue weighted by Crippen LogP contribution is -2.32. The van der Waals surface area contributed by atoms with Crippen LogP contribution in [0.2, 0.25) is 0 Å². The Kier molecular flexibility index (Phi) is 5.00. The average Bonchev–Trinajstić information content (AvgIpc) is 1.84. The Bertz CT molecular complexity index is 198. The van der Waals surface area contributed by atoms with Gasteiger partial charge in [0.2, 0.25) is 0 Å². The predicted molar refractivity (Wildman–Crippen MR) is 51.6 cm³/mol. The van der Waals surface area contributed by atoms with Gasteiger partial charge >= 0.3 is 0 Å². The maximum Gasteiger partial charge on any atom is 0.131 e. The monoisotopic (exact) mass is 201 g/mol. The first-order valence-electron chi connectivity index (χ1n) is 2.11. The van der Waals surface area contributed by atoms with Gasteiger partial charge in [0, 0.05) is 5.75 Å². The summed E-state index contributed by atoms with van der Waals surface area (Å²) < 4.78 is 0. The molecule has 0 aliphatic heterocycles. The van der Waals surface area contributed by atoms with Crippen LogP contribution in [0.25, 0.3) is 0 Å². The highest BCUT2D eigenvalue weighted by molar-refractivity contribution is 8.45. The van der Waals surface area contributed by atoms with Gasteiger partial charge in [-0.05, 0) is 30.0 Å². The minimum Gasteiger partial charge on any atom is -0.353 e. The lowest BCUT2D eigenvalue weighted by atomic mass is 10.4. The van der Waals surface area contributed by atoms with Crippen molar-refractivity contribution in [2.75, 3.05) is 5.75 Å². The predicted octanol–water partition coefficient (Wildman–Crippen LogP) is -0.526. The molecule has 2 nitrogen and oxygen atoms in total. The molecule has 0 amide bonds. The summed E-state index contributed by atoms with van der Waals surface area (Å²) in [6.45, 7) is 0. The van der Waals surface area contributed by atoms with Crippen LogP contribution in [0.3, 0.4) is 0 Å². The molecule has 0 radical (unpaired) electrons. The minimum absolute atomic E-state index is 0.00463. The Balaban J connectivity index is 4.40. The van der Waals surface area contributed by atoms with Crippen LogP contribution in [-0.4, -0.2) is 22.0 Å². The first-order valence-corrected chi connectivity index (χ1v) is 5.81. The van der Waals surface area contributed by atoms with E-state index >= 15 is 0 Å². The molecule has 54 valence electrons. The van der Waals surface area contributed by atoms with E-state index in [1.165, 1.54) is 0 Å². The summed E-state index contributed by atoms with van der Waals surface area (Å²) in [5.41, 5.74) is 5.33. The summed E-state index contributed by atoms with van der Waals surface area (Å²) in [7, 11) is -0.925. The SMILES string of the molecule is N[C@@H](CS)C(O)=S(=S)=S. The normalized spacial score (nSPS) is 12.8. The van der Waals surface area contributed by atoms with Gasteiger partial charge in [0.1, 0.15) is 5.05 Å². The third-order valence-corrected chi connectivity index (χ3v) is 2.75. The summed E-state index contributed by atoms with van der Waals surface area (Å²) in [5.74, 6) is 0.378. The Hall–Kier alpha value is 0.800. The highest BCUT2D eigenvalue weighted by Gasteiger charge is 2.02. The van der Waals surface area contributed by atoms with E-state index in [0.717, 1.165) is 0 Å². The summed E-state index contributed by atoms with van der Waals surface area (Å²) >= 11 is 13.0. The minimum atomic E-state index is -0.925. The van der Waals surface area contributed by atoms with Crippen LogP contribution in [0.15, 0.2) is 0 Å². The van der Waals surface area contributed by atoms with Gasteiger partial charge in [0.05, 0.1) is 6.04 Å². The zero-order valence-corrected chi connectivity index (χ0v) is 7.82. The van der Waals surface area contributed by atoms with Crippen LogP contribution in [0, 0.1) is 0 Å². The highest BCUT2D eigenvalue weighted by Crippen LogP contribution is 1.82. The van der Waals surface area contributed by atoms with E-state index in [-0.39, 0.29) is 5.05 Å². The van der Waals surface area contributed by atoms with Crippen molar-refractivity contribution in [2.24, 2.45) is 5.73 Å². The molecule has 0 aliphatic carbocycles. The molecule has 6 heteroatoms. The standard InChI is InChI=1S/C3H7NOS4/c4-2(1-6)3(5)9(7)8/h2,5-6H,1,4H2/t2-/m0/s1. The number of aliphatic hydroxyl groups is 1. The first kappa shape index (κ1) is 9.80. The van der Waals surface area contributed by atoms with Crippen molar-refractivity contribution in [2.45, 2.75) is 6.04 Å². The third-order valence-electron chi connectivity index (χ3n) is 0.685. The van der Waals surface area contributed by atoms with Crippen LogP contribution in [0.5, 0.6) is 0 Å². The Labute approximate surface area is 70.3 Å². The van der Waals surface area contributed by atoms with Gasteiger partial charge in [-0.3, -0.25) is 0 Å². The lowest BCUT2D eigenvalue weighted by Gasteiger charge is -2.02. The van der Waals surface area contributed by atoms with Gasteiger partial charge in [-0.25, -0.2) is 0 Å². The topological polar surface area (TPSA) is 46.2 Å². The Morgan fingerprint density at radius 1 is 1.78 bits per heavy atom. The molecule has 0 aromatic carbocycles. The molecule has 0 bridgehead atoms. The van der Waals surface area contributed by atoms with Gasteiger partial charge in [-0.2, -0.15) is 12.6 Å². The van der Waals surface area contributed by atoms with E-state index in [1.807, 2.05) is 0 Å². The first-order chi connectivity index (χ1) is 4.09. The van der Waals surface area contributed by atoms with Crippen LogP contribution in [-0.2, 0) is 30.0 Å². The molecule has 9 heavy (non-hydrogen) atoms.